The van der Waals surface area contributed by atoms with Crippen molar-refractivity contribution in [3.63, 3.8) is 0 Å². The Balaban J connectivity index is 1.67. The molecular weight excluding hydrogens is 378 g/mol. The van der Waals surface area contributed by atoms with Crippen LogP contribution in [0.3, 0.4) is 0 Å². The van der Waals surface area contributed by atoms with Crippen LogP contribution in [0.25, 0.3) is 11.5 Å². The van der Waals surface area contributed by atoms with Gasteiger partial charge in [0.25, 0.3) is 11.1 Å². The van der Waals surface area contributed by atoms with Gasteiger partial charge in [-0.2, -0.15) is 0 Å². The first-order valence-corrected chi connectivity index (χ1v) is 10.3. The third-order valence-corrected chi connectivity index (χ3v) is 5.28. The molecule has 1 aliphatic carbocycles. The highest BCUT2D eigenvalue weighted by Crippen LogP contribution is 2.33. The topological polar surface area (TPSA) is 77.7 Å². The fourth-order valence-electron chi connectivity index (χ4n) is 3.10. The monoisotopic (exact) mass is 403 g/mol. The molecule has 0 spiro atoms. The molecule has 1 aromatic heterocycles. The molecule has 0 aliphatic heterocycles. The van der Waals surface area contributed by atoms with Gasteiger partial charge in [-0.25, -0.2) is 0 Å². The van der Waals surface area contributed by atoms with Gasteiger partial charge in [0.1, 0.15) is 11.5 Å². The lowest BCUT2D eigenvalue weighted by molar-refractivity contribution is -0.126. The summed E-state index contributed by atoms with van der Waals surface area (Å²) in [4.78, 5) is 14.6. The minimum absolute atomic E-state index is 0.0711. The highest BCUT2D eigenvalue weighted by molar-refractivity contribution is 7.99. The summed E-state index contributed by atoms with van der Waals surface area (Å²) in [7, 11) is 3.17. The number of thioether (sulfide) groups is 1. The Morgan fingerprint density at radius 3 is 2.82 bits per heavy atom. The molecule has 0 fully saturated rings. The van der Waals surface area contributed by atoms with Gasteiger partial charge in [-0.1, -0.05) is 24.8 Å². The van der Waals surface area contributed by atoms with Crippen LogP contribution in [0.2, 0.25) is 0 Å². The number of aromatic nitrogens is 2. The average Bonchev–Trinajstić information content (AvgIpc) is 3.41. The molecule has 0 saturated heterocycles. The van der Waals surface area contributed by atoms with Crippen molar-refractivity contribution in [1.82, 2.24) is 15.1 Å². The van der Waals surface area contributed by atoms with E-state index in [-0.39, 0.29) is 11.7 Å². The van der Waals surface area contributed by atoms with Crippen LogP contribution >= 0.6 is 11.8 Å². The molecule has 0 saturated carbocycles. The van der Waals surface area contributed by atoms with Crippen molar-refractivity contribution in [3.05, 3.63) is 30.0 Å². The lowest BCUT2D eigenvalue weighted by Gasteiger charge is -2.23. The van der Waals surface area contributed by atoms with Crippen LogP contribution in [0.4, 0.5) is 0 Å². The summed E-state index contributed by atoms with van der Waals surface area (Å²) in [5.41, 5.74) is 1.82. The Morgan fingerprint density at radius 2 is 2.14 bits per heavy atom. The van der Waals surface area contributed by atoms with E-state index in [0.29, 0.717) is 28.2 Å². The summed E-state index contributed by atoms with van der Waals surface area (Å²) >= 11 is 1.25. The maximum atomic E-state index is 12.7. The maximum absolute atomic E-state index is 12.7. The summed E-state index contributed by atoms with van der Waals surface area (Å²) < 4.78 is 16.3. The van der Waals surface area contributed by atoms with Gasteiger partial charge in [0.15, 0.2) is 0 Å². The van der Waals surface area contributed by atoms with Gasteiger partial charge in [0, 0.05) is 18.3 Å². The Morgan fingerprint density at radius 1 is 1.29 bits per heavy atom. The van der Waals surface area contributed by atoms with Crippen LogP contribution in [-0.2, 0) is 4.79 Å². The lowest BCUT2D eigenvalue weighted by Crippen LogP contribution is -2.32. The molecule has 0 N–H and O–H groups in total. The van der Waals surface area contributed by atoms with E-state index in [0.717, 1.165) is 37.9 Å². The molecule has 2 aromatic rings. The van der Waals surface area contributed by atoms with Gasteiger partial charge in [0.2, 0.25) is 5.91 Å². The lowest BCUT2D eigenvalue weighted by atomic mass is 10.2. The van der Waals surface area contributed by atoms with Crippen molar-refractivity contribution in [2.45, 2.75) is 37.8 Å². The van der Waals surface area contributed by atoms with Gasteiger partial charge in [-0.05, 0) is 37.8 Å². The molecule has 1 aromatic carbocycles. The number of carbonyl (C=O) groups excluding carboxylic acids is 1. The summed E-state index contributed by atoms with van der Waals surface area (Å²) in [6.07, 6.45) is 6.23. The first-order chi connectivity index (χ1) is 13.7. The van der Waals surface area contributed by atoms with E-state index in [1.807, 2.05) is 4.90 Å². The van der Waals surface area contributed by atoms with Gasteiger partial charge in [-0.15, -0.1) is 10.2 Å². The number of hydrogen-bond acceptors (Lipinski definition) is 7. The van der Waals surface area contributed by atoms with E-state index in [2.05, 4.69) is 23.2 Å². The third kappa shape index (κ3) is 4.67. The van der Waals surface area contributed by atoms with E-state index in [1.54, 1.807) is 32.4 Å². The zero-order chi connectivity index (χ0) is 19.9. The van der Waals surface area contributed by atoms with Crippen molar-refractivity contribution < 1.29 is 18.7 Å². The Kier molecular flexibility index (Phi) is 6.97. The molecule has 3 rings (SSSR count). The molecule has 0 bridgehead atoms. The van der Waals surface area contributed by atoms with Crippen molar-refractivity contribution in [2.24, 2.45) is 0 Å². The molecule has 1 heterocycles. The standard InChI is InChI=1S/C20H25N3O4S/c1-4-11-23(14-7-5-6-8-14)18(24)13-28-20-22-21-19(27-20)16-10-9-15(25-2)12-17(16)26-3/h7,9-10,12H,4-6,8,11,13H2,1-3H3. The van der Waals surface area contributed by atoms with E-state index < -0.39 is 0 Å². The number of benzene rings is 1. The fraction of sp³-hybridized carbons (Fsp3) is 0.450. The Hall–Kier alpha value is -2.48. The number of nitrogens with zero attached hydrogens (tertiary/aromatic N) is 3. The van der Waals surface area contributed by atoms with Crippen LogP contribution < -0.4 is 9.47 Å². The van der Waals surface area contributed by atoms with Crippen LogP contribution in [-0.4, -0.2) is 47.5 Å². The van der Waals surface area contributed by atoms with Gasteiger partial charge >= 0.3 is 0 Å². The van der Waals surface area contributed by atoms with E-state index >= 15 is 0 Å². The van der Waals surface area contributed by atoms with Gasteiger partial charge < -0.3 is 18.8 Å². The SMILES string of the molecule is CCCN(C(=O)CSc1nnc(-c2ccc(OC)cc2OC)o1)C1=CCCC1. The predicted octanol–water partition coefficient (Wildman–Crippen LogP) is 4.15. The summed E-state index contributed by atoms with van der Waals surface area (Å²) in [6, 6.07) is 5.37. The van der Waals surface area contributed by atoms with Gasteiger partial charge in [0.05, 0.1) is 25.5 Å². The first kappa shape index (κ1) is 20.3. The quantitative estimate of drug-likeness (QED) is 0.582. The normalized spacial score (nSPS) is 13.3. The molecule has 0 unspecified atom stereocenters. The summed E-state index contributed by atoms with van der Waals surface area (Å²) in [5, 5.41) is 8.51. The molecule has 150 valence electrons. The zero-order valence-corrected chi connectivity index (χ0v) is 17.3. The predicted molar refractivity (Wildman–Crippen MR) is 108 cm³/mol. The largest absolute Gasteiger partial charge is 0.497 e. The minimum Gasteiger partial charge on any atom is -0.497 e. The van der Waals surface area contributed by atoms with Crippen molar-refractivity contribution >= 4 is 17.7 Å². The molecule has 1 amide bonds. The number of allylic oxidation sites excluding steroid dienone is 2. The highest BCUT2D eigenvalue weighted by Gasteiger charge is 2.21. The number of hydrogen-bond donors (Lipinski definition) is 0. The molecular formula is C20H25N3O4S. The van der Waals surface area contributed by atoms with Crippen molar-refractivity contribution in [1.29, 1.82) is 0 Å². The second-order valence-corrected chi connectivity index (χ2v) is 7.29. The second-order valence-electron chi connectivity index (χ2n) is 6.36. The number of methoxy groups -OCH3 is 2. The Labute approximate surface area is 169 Å². The summed E-state index contributed by atoms with van der Waals surface area (Å²) in [5.74, 6) is 1.94. The van der Waals surface area contributed by atoms with Crippen molar-refractivity contribution in [3.8, 4) is 23.0 Å². The highest BCUT2D eigenvalue weighted by atomic mass is 32.2. The number of carbonyl (C=O) groups is 1. The number of rotatable bonds is 9. The molecule has 8 heteroatoms. The van der Waals surface area contributed by atoms with Crippen molar-refractivity contribution in [2.75, 3.05) is 26.5 Å². The van der Waals surface area contributed by atoms with Gasteiger partial charge in [-0.3, -0.25) is 4.79 Å². The minimum atomic E-state index is 0.0711. The summed E-state index contributed by atoms with van der Waals surface area (Å²) in [6.45, 7) is 2.82. The van der Waals surface area contributed by atoms with E-state index in [9.17, 15) is 4.79 Å². The maximum Gasteiger partial charge on any atom is 0.277 e. The van der Waals surface area contributed by atoms with E-state index in [4.69, 9.17) is 13.9 Å². The van der Waals surface area contributed by atoms with Crippen LogP contribution in [0.1, 0.15) is 32.6 Å². The second kappa shape index (κ2) is 9.64. The number of ether oxygens (including phenoxy) is 2. The van der Waals surface area contributed by atoms with Crippen LogP contribution in [0.5, 0.6) is 11.5 Å². The van der Waals surface area contributed by atoms with E-state index in [1.165, 1.54) is 11.8 Å². The smallest absolute Gasteiger partial charge is 0.277 e. The molecule has 7 nitrogen and oxygen atoms in total. The van der Waals surface area contributed by atoms with Crippen LogP contribution in [0.15, 0.2) is 39.6 Å². The third-order valence-electron chi connectivity index (χ3n) is 4.48. The zero-order valence-electron chi connectivity index (χ0n) is 16.4. The molecule has 0 radical (unpaired) electrons. The average molecular weight is 404 g/mol. The number of amides is 1. The molecule has 28 heavy (non-hydrogen) atoms. The Bertz CT molecular complexity index is 850. The molecule has 1 aliphatic rings. The van der Waals surface area contributed by atoms with Crippen LogP contribution in [0, 0.1) is 0 Å². The molecule has 0 atom stereocenters. The first-order valence-electron chi connectivity index (χ1n) is 9.34. The fourth-order valence-corrected chi connectivity index (χ4v) is 3.74.